The van der Waals surface area contributed by atoms with Crippen LogP contribution >= 0.6 is 0 Å². The highest BCUT2D eigenvalue weighted by molar-refractivity contribution is 6.03. The summed E-state index contributed by atoms with van der Waals surface area (Å²) in [6.45, 7) is 0. The van der Waals surface area contributed by atoms with Crippen molar-refractivity contribution in [2.75, 3.05) is 0 Å². The summed E-state index contributed by atoms with van der Waals surface area (Å²) in [5.74, 6) is -0.452. The largest absolute Gasteiger partial charge is 0.507 e. The lowest BCUT2D eigenvalue weighted by atomic mass is 9.96. The molecule has 0 fully saturated rings. The molecule has 1 aromatic heterocycles. The van der Waals surface area contributed by atoms with E-state index in [2.05, 4.69) is 4.98 Å². The van der Waals surface area contributed by atoms with Crippen LogP contribution in [0.5, 0.6) is 5.75 Å². The number of nitrogens with one attached hydrogen (secondary N) is 1. The molecule has 0 aliphatic rings. The zero-order valence-corrected chi connectivity index (χ0v) is 11.2. The lowest BCUT2D eigenvalue weighted by molar-refractivity contribution is 0.0997. The van der Waals surface area contributed by atoms with E-state index in [0.717, 1.165) is 11.1 Å². The third-order valence-corrected chi connectivity index (χ3v) is 3.38. The van der Waals surface area contributed by atoms with Gasteiger partial charge in [0, 0.05) is 22.9 Å². The van der Waals surface area contributed by atoms with Crippen molar-refractivity contribution in [1.29, 1.82) is 0 Å². The molecule has 0 radical (unpaired) electrons. The quantitative estimate of drug-likeness (QED) is 0.688. The number of nitrogens with two attached hydrogens (primary N) is 1. The van der Waals surface area contributed by atoms with Crippen molar-refractivity contribution in [3.8, 4) is 28.0 Å². The fraction of sp³-hybridized carbons (Fsp3) is 0. The molecule has 0 aliphatic heterocycles. The zero-order valence-electron chi connectivity index (χ0n) is 11.2. The molecule has 1 heterocycles. The molecule has 0 aliphatic carbocycles. The fourth-order valence-electron chi connectivity index (χ4n) is 2.43. The number of amides is 1. The number of carbonyl (C=O) groups is 1. The normalized spacial score (nSPS) is 10.5. The minimum atomic E-state index is -0.560. The predicted octanol–water partition coefficient (Wildman–Crippen LogP) is 3.15. The Morgan fingerprint density at radius 1 is 0.952 bits per heavy atom. The summed E-state index contributed by atoms with van der Waals surface area (Å²) >= 11 is 0. The van der Waals surface area contributed by atoms with Crippen LogP contribution in [0.15, 0.2) is 60.8 Å². The molecule has 104 valence electrons. The summed E-state index contributed by atoms with van der Waals surface area (Å²) in [5, 5.41) is 10.1. The molecular formula is C17H14N2O2. The number of hydrogen-bond donors (Lipinski definition) is 3. The molecule has 3 aromatic rings. The molecule has 0 spiro atoms. The molecule has 0 saturated heterocycles. The van der Waals surface area contributed by atoms with Gasteiger partial charge in [-0.25, -0.2) is 0 Å². The molecule has 3 rings (SSSR count). The minimum absolute atomic E-state index is 0.108. The van der Waals surface area contributed by atoms with E-state index < -0.39 is 5.91 Å². The van der Waals surface area contributed by atoms with E-state index in [1.165, 1.54) is 0 Å². The van der Waals surface area contributed by atoms with Gasteiger partial charge in [0.25, 0.3) is 5.91 Å². The number of benzene rings is 2. The Bertz CT molecular complexity index is 792. The first-order valence-corrected chi connectivity index (χ1v) is 6.53. The van der Waals surface area contributed by atoms with Gasteiger partial charge in [0.2, 0.25) is 0 Å². The molecule has 0 bridgehead atoms. The van der Waals surface area contributed by atoms with Crippen LogP contribution in [0.4, 0.5) is 0 Å². The lowest BCUT2D eigenvalue weighted by Gasteiger charge is -2.08. The highest BCUT2D eigenvalue weighted by Crippen LogP contribution is 2.38. The van der Waals surface area contributed by atoms with Crippen molar-refractivity contribution < 1.29 is 9.90 Å². The standard InChI is InChI=1S/C17H14N2O2/c18-17(21)16-15(12-8-4-5-9-14(12)20)13(10-19-16)11-6-2-1-3-7-11/h1-10,19-20H,(H2,18,21). The first-order valence-electron chi connectivity index (χ1n) is 6.53. The molecule has 4 nitrogen and oxygen atoms in total. The van der Waals surface area contributed by atoms with Crippen LogP contribution in [-0.4, -0.2) is 16.0 Å². The highest BCUT2D eigenvalue weighted by atomic mass is 16.3. The van der Waals surface area contributed by atoms with Crippen molar-refractivity contribution in [3.63, 3.8) is 0 Å². The maximum absolute atomic E-state index is 11.7. The fourth-order valence-corrected chi connectivity index (χ4v) is 2.43. The van der Waals surface area contributed by atoms with Crippen molar-refractivity contribution in [3.05, 3.63) is 66.5 Å². The van der Waals surface area contributed by atoms with Gasteiger partial charge in [-0.15, -0.1) is 0 Å². The second-order valence-corrected chi connectivity index (χ2v) is 4.70. The lowest BCUT2D eigenvalue weighted by Crippen LogP contribution is -2.12. The molecule has 21 heavy (non-hydrogen) atoms. The van der Waals surface area contributed by atoms with E-state index in [-0.39, 0.29) is 11.4 Å². The van der Waals surface area contributed by atoms with Gasteiger partial charge in [-0.05, 0) is 11.6 Å². The van der Waals surface area contributed by atoms with Gasteiger partial charge in [-0.3, -0.25) is 4.79 Å². The molecule has 1 amide bonds. The van der Waals surface area contributed by atoms with Gasteiger partial charge in [-0.1, -0.05) is 48.5 Å². The molecule has 2 aromatic carbocycles. The van der Waals surface area contributed by atoms with Crippen LogP contribution in [-0.2, 0) is 0 Å². The molecule has 0 atom stereocenters. The van der Waals surface area contributed by atoms with Crippen LogP contribution in [0, 0.1) is 0 Å². The topological polar surface area (TPSA) is 79.1 Å². The number of phenolic OH excluding ortho intramolecular Hbond substituents is 1. The predicted molar refractivity (Wildman–Crippen MR) is 81.8 cm³/mol. The van der Waals surface area contributed by atoms with E-state index in [9.17, 15) is 9.90 Å². The Morgan fingerprint density at radius 2 is 1.62 bits per heavy atom. The van der Waals surface area contributed by atoms with Crippen molar-refractivity contribution >= 4 is 5.91 Å². The Hall–Kier alpha value is -3.01. The van der Waals surface area contributed by atoms with Gasteiger partial charge in [0.15, 0.2) is 0 Å². The Kier molecular flexibility index (Phi) is 3.20. The Balaban J connectivity index is 2.29. The van der Waals surface area contributed by atoms with Crippen molar-refractivity contribution in [1.82, 2.24) is 4.98 Å². The summed E-state index contributed by atoms with van der Waals surface area (Å²) in [6, 6.07) is 16.5. The number of phenols is 1. The average molecular weight is 278 g/mol. The number of aromatic hydroxyl groups is 1. The molecule has 4 N–H and O–H groups in total. The van der Waals surface area contributed by atoms with Gasteiger partial charge in [-0.2, -0.15) is 0 Å². The Labute approximate surface area is 121 Å². The minimum Gasteiger partial charge on any atom is -0.507 e. The number of primary amides is 1. The van der Waals surface area contributed by atoms with Crippen LogP contribution in [0.2, 0.25) is 0 Å². The van der Waals surface area contributed by atoms with E-state index in [4.69, 9.17) is 5.73 Å². The van der Waals surface area contributed by atoms with Crippen molar-refractivity contribution in [2.45, 2.75) is 0 Å². The number of hydrogen-bond acceptors (Lipinski definition) is 2. The second kappa shape index (κ2) is 5.17. The first kappa shape index (κ1) is 13.0. The van der Waals surface area contributed by atoms with Crippen LogP contribution in [0.3, 0.4) is 0 Å². The zero-order chi connectivity index (χ0) is 14.8. The average Bonchev–Trinajstić information content (AvgIpc) is 2.93. The smallest absolute Gasteiger partial charge is 0.265 e. The number of para-hydroxylation sites is 1. The van der Waals surface area contributed by atoms with Gasteiger partial charge in [0.1, 0.15) is 11.4 Å². The number of aromatic nitrogens is 1. The van der Waals surface area contributed by atoms with E-state index >= 15 is 0 Å². The van der Waals surface area contributed by atoms with Gasteiger partial charge in [0.05, 0.1) is 0 Å². The number of H-pyrrole nitrogens is 1. The first-order chi connectivity index (χ1) is 10.2. The van der Waals surface area contributed by atoms with E-state index in [1.54, 1.807) is 24.4 Å². The number of rotatable bonds is 3. The highest BCUT2D eigenvalue weighted by Gasteiger charge is 2.20. The van der Waals surface area contributed by atoms with Gasteiger partial charge >= 0.3 is 0 Å². The monoisotopic (exact) mass is 278 g/mol. The third kappa shape index (κ3) is 2.27. The van der Waals surface area contributed by atoms with E-state index in [1.807, 2.05) is 36.4 Å². The molecule has 0 unspecified atom stereocenters. The number of aromatic amines is 1. The maximum Gasteiger partial charge on any atom is 0.265 e. The summed E-state index contributed by atoms with van der Waals surface area (Å²) in [6.07, 6.45) is 1.73. The van der Waals surface area contributed by atoms with Gasteiger partial charge < -0.3 is 15.8 Å². The third-order valence-electron chi connectivity index (χ3n) is 3.38. The molecular weight excluding hydrogens is 264 g/mol. The SMILES string of the molecule is NC(=O)c1[nH]cc(-c2ccccc2)c1-c1ccccc1O. The van der Waals surface area contributed by atoms with Crippen LogP contribution in [0.25, 0.3) is 22.3 Å². The summed E-state index contributed by atoms with van der Waals surface area (Å²) in [5.41, 5.74) is 8.69. The molecule has 4 heteroatoms. The summed E-state index contributed by atoms with van der Waals surface area (Å²) in [7, 11) is 0. The Morgan fingerprint density at radius 3 is 2.29 bits per heavy atom. The van der Waals surface area contributed by atoms with Crippen LogP contribution < -0.4 is 5.73 Å². The number of carbonyl (C=O) groups excluding carboxylic acids is 1. The molecule has 0 saturated carbocycles. The second-order valence-electron chi connectivity index (χ2n) is 4.70. The van der Waals surface area contributed by atoms with Crippen molar-refractivity contribution in [2.24, 2.45) is 5.73 Å². The summed E-state index contributed by atoms with van der Waals surface area (Å²) in [4.78, 5) is 14.6. The van der Waals surface area contributed by atoms with Crippen LogP contribution in [0.1, 0.15) is 10.5 Å². The van der Waals surface area contributed by atoms with E-state index in [0.29, 0.717) is 11.1 Å². The summed E-state index contributed by atoms with van der Waals surface area (Å²) < 4.78 is 0. The maximum atomic E-state index is 11.7.